The molecule has 1 aromatic rings. The van der Waals surface area contributed by atoms with E-state index in [9.17, 15) is 0 Å². The van der Waals surface area contributed by atoms with E-state index in [-0.39, 0.29) is 5.25 Å². The molecule has 1 nitrogen and oxygen atoms in total. The van der Waals surface area contributed by atoms with Gasteiger partial charge in [0.15, 0.2) is 0 Å². The minimum absolute atomic E-state index is 0.215. The minimum Gasteiger partial charge on any atom is -0.185 e. The van der Waals surface area contributed by atoms with E-state index in [0.717, 1.165) is 10.6 Å². The molecule has 0 aliphatic carbocycles. The number of thiocyanates is 1. The van der Waals surface area contributed by atoms with Crippen LogP contribution in [0.5, 0.6) is 0 Å². The second kappa shape index (κ2) is 4.39. The molecular weight excluding hydrogens is 190 g/mol. The lowest BCUT2D eigenvalue weighted by Crippen LogP contribution is -1.85. The van der Waals surface area contributed by atoms with Crippen LogP contribution in [0.2, 0.25) is 5.02 Å². The van der Waals surface area contributed by atoms with Gasteiger partial charge >= 0.3 is 0 Å². The van der Waals surface area contributed by atoms with E-state index in [0.29, 0.717) is 0 Å². The van der Waals surface area contributed by atoms with Crippen LogP contribution in [0.15, 0.2) is 24.3 Å². The molecule has 3 heteroatoms. The Balaban J connectivity index is 2.76. The maximum Gasteiger partial charge on any atom is 0.133 e. The van der Waals surface area contributed by atoms with Crippen molar-refractivity contribution in [2.75, 3.05) is 0 Å². The van der Waals surface area contributed by atoms with Gasteiger partial charge in [0.05, 0.1) is 0 Å². The lowest BCUT2D eigenvalue weighted by Gasteiger charge is -2.05. The fraction of sp³-hybridized carbons (Fsp3) is 0.222. The summed E-state index contributed by atoms with van der Waals surface area (Å²) in [6, 6.07) is 7.56. The Bertz CT molecular complexity index is 288. The molecule has 12 heavy (non-hydrogen) atoms. The van der Waals surface area contributed by atoms with E-state index in [4.69, 9.17) is 16.9 Å². The number of rotatable bonds is 2. The molecule has 0 aliphatic rings. The minimum atomic E-state index is 0.215. The molecule has 0 aromatic heterocycles. The maximum absolute atomic E-state index is 8.44. The van der Waals surface area contributed by atoms with Crippen LogP contribution in [0.4, 0.5) is 0 Å². The summed E-state index contributed by atoms with van der Waals surface area (Å²) in [6.45, 7) is 2.00. The second-order valence-electron chi connectivity index (χ2n) is 2.40. The van der Waals surface area contributed by atoms with Gasteiger partial charge in [-0.15, -0.1) is 0 Å². The van der Waals surface area contributed by atoms with Crippen LogP contribution in [0, 0.1) is 10.7 Å². The van der Waals surface area contributed by atoms with Crippen molar-refractivity contribution in [1.29, 1.82) is 5.26 Å². The zero-order valence-corrected chi connectivity index (χ0v) is 8.19. The summed E-state index contributed by atoms with van der Waals surface area (Å²) in [6.07, 6.45) is 0. The molecule has 0 amide bonds. The highest BCUT2D eigenvalue weighted by atomic mass is 35.5. The summed E-state index contributed by atoms with van der Waals surface area (Å²) >= 11 is 6.97. The largest absolute Gasteiger partial charge is 0.185 e. The third-order valence-electron chi connectivity index (χ3n) is 1.57. The molecule has 0 N–H and O–H groups in total. The fourth-order valence-corrected chi connectivity index (χ4v) is 1.46. The predicted molar refractivity (Wildman–Crippen MR) is 53.1 cm³/mol. The van der Waals surface area contributed by atoms with E-state index in [2.05, 4.69) is 5.40 Å². The van der Waals surface area contributed by atoms with Gasteiger partial charge in [0.1, 0.15) is 5.40 Å². The van der Waals surface area contributed by atoms with Crippen LogP contribution in [0.1, 0.15) is 17.7 Å². The molecule has 0 saturated heterocycles. The van der Waals surface area contributed by atoms with E-state index in [1.807, 2.05) is 31.2 Å². The van der Waals surface area contributed by atoms with Crippen LogP contribution in [-0.4, -0.2) is 0 Å². The normalized spacial score (nSPS) is 12.1. The number of hydrogen-bond acceptors (Lipinski definition) is 2. The molecule has 1 aromatic carbocycles. The molecule has 0 unspecified atom stereocenters. The summed E-state index contributed by atoms with van der Waals surface area (Å²) in [5, 5.41) is 11.4. The first-order chi connectivity index (χ1) is 5.74. The van der Waals surface area contributed by atoms with Gasteiger partial charge in [0.2, 0.25) is 0 Å². The first-order valence-corrected chi connectivity index (χ1v) is 4.80. The molecule has 0 radical (unpaired) electrons. The molecule has 1 atom stereocenters. The molecular formula is C9H8ClNS. The van der Waals surface area contributed by atoms with Crippen molar-refractivity contribution in [2.24, 2.45) is 0 Å². The standard InChI is InChI=1S/C9H8ClNS/c1-7(12-6-11)8-2-4-9(10)5-3-8/h2-5,7H,1H3/t7-/m1/s1. The zero-order chi connectivity index (χ0) is 8.97. The Labute approximate surface area is 81.3 Å². The van der Waals surface area contributed by atoms with Gasteiger partial charge in [-0.25, -0.2) is 0 Å². The van der Waals surface area contributed by atoms with Crippen LogP contribution in [0.3, 0.4) is 0 Å². The number of nitrogens with zero attached hydrogens (tertiary/aromatic N) is 1. The van der Waals surface area contributed by atoms with Crippen LogP contribution < -0.4 is 0 Å². The van der Waals surface area contributed by atoms with Crippen molar-refractivity contribution in [3.8, 4) is 5.40 Å². The van der Waals surface area contributed by atoms with Crippen molar-refractivity contribution < 1.29 is 0 Å². The van der Waals surface area contributed by atoms with Gasteiger partial charge < -0.3 is 0 Å². The van der Waals surface area contributed by atoms with E-state index < -0.39 is 0 Å². The summed E-state index contributed by atoms with van der Waals surface area (Å²) in [7, 11) is 0. The third-order valence-corrected chi connectivity index (χ3v) is 2.55. The van der Waals surface area contributed by atoms with Gasteiger partial charge in [-0.1, -0.05) is 23.7 Å². The van der Waals surface area contributed by atoms with Gasteiger partial charge in [0, 0.05) is 10.3 Å². The SMILES string of the molecule is C[C@@H](SC#N)c1ccc(Cl)cc1. The lowest BCUT2D eigenvalue weighted by atomic mass is 10.2. The van der Waals surface area contributed by atoms with Crippen LogP contribution in [-0.2, 0) is 0 Å². The Morgan fingerprint density at radius 3 is 2.50 bits per heavy atom. The van der Waals surface area contributed by atoms with Crippen molar-refractivity contribution >= 4 is 23.4 Å². The first kappa shape index (κ1) is 9.44. The highest BCUT2D eigenvalue weighted by Crippen LogP contribution is 2.27. The van der Waals surface area contributed by atoms with Gasteiger partial charge in [0.25, 0.3) is 0 Å². The molecule has 0 fully saturated rings. The van der Waals surface area contributed by atoms with Crippen molar-refractivity contribution in [3.63, 3.8) is 0 Å². The fourth-order valence-electron chi connectivity index (χ4n) is 0.881. The molecule has 1 rings (SSSR count). The first-order valence-electron chi connectivity index (χ1n) is 3.54. The average molecular weight is 198 g/mol. The summed E-state index contributed by atoms with van der Waals surface area (Å²) in [5.74, 6) is 0. The number of halogens is 1. The third kappa shape index (κ3) is 2.44. The second-order valence-corrected chi connectivity index (χ2v) is 3.96. The van der Waals surface area contributed by atoms with Gasteiger partial charge in [-0.3, -0.25) is 0 Å². The maximum atomic E-state index is 8.44. The van der Waals surface area contributed by atoms with E-state index in [1.165, 1.54) is 11.8 Å². The molecule has 0 saturated carbocycles. The molecule has 0 heterocycles. The summed E-state index contributed by atoms with van der Waals surface area (Å²) in [4.78, 5) is 0. The quantitative estimate of drug-likeness (QED) is 0.677. The van der Waals surface area contributed by atoms with Crippen molar-refractivity contribution in [1.82, 2.24) is 0 Å². The number of nitriles is 1. The Morgan fingerprint density at radius 1 is 1.42 bits per heavy atom. The Hall–Kier alpha value is -0.650. The highest BCUT2D eigenvalue weighted by molar-refractivity contribution is 8.03. The monoisotopic (exact) mass is 197 g/mol. The Kier molecular flexibility index (Phi) is 3.46. The summed E-state index contributed by atoms with van der Waals surface area (Å²) < 4.78 is 0. The zero-order valence-electron chi connectivity index (χ0n) is 6.62. The van der Waals surface area contributed by atoms with Crippen LogP contribution in [0.25, 0.3) is 0 Å². The highest BCUT2D eigenvalue weighted by Gasteiger charge is 2.04. The van der Waals surface area contributed by atoms with Gasteiger partial charge in [-0.05, 0) is 36.4 Å². The predicted octanol–water partition coefficient (Wildman–Crippen LogP) is 3.62. The van der Waals surface area contributed by atoms with Crippen molar-refractivity contribution in [3.05, 3.63) is 34.9 Å². The smallest absolute Gasteiger partial charge is 0.133 e. The van der Waals surface area contributed by atoms with E-state index in [1.54, 1.807) is 0 Å². The lowest BCUT2D eigenvalue weighted by molar-refractivity contribution is 1.11. The van der Waals surface area contributed by atoms with Gasteiger partial charge in [-0.2, -0.15) is 5.26 Å². The number of thioether (sulfide) groups is 1. The number of benzene rings is 1. The molecule has 0 spiro atoms. The molecule has 62 valence electrons. The van der Waals surface area contributed by atoms with E-state index >= 15 is 0 Å². The van der Waals surface area contributed by atoms with Crippen LogP contribution >= 0.6 is 23.4 Å². The molecule has 0 bridgehead atoms. The summed E-state index contributed by atoms with van der Waals surface area (Å²) in [5.41, 5.74) is 1.13. The number of hydrogen-bond donors (Lipinski definition) is 0. The Morgan fingerprint density at radius 2 is 2.00 bits per heavy atom. The molecule has 0 aliphatic heterocycles. The van der Waals surface area contributed by atoms with Crippen molar-refractivity contribution in [2.45, 2.75) is 12.2 Å². The topological polar surface area (TPSA) is 23.8 Å². The average Bonchev–Trinajstić information content (AvgIpc) is 2.06.